The van der Waals surface area contributed by atoms with E-state index in [0.717, 1.165) is 22.4 Å². The van der Waals surface area contributed by atoms with Gasteiger partial charge in [-0.05, 0) is 67.6 Å². The van der Waals surface area contributed by atoms with Crippen molar-refractivity contribution in [3.8, 4) is 17.6 Å². The molecule has 1 aliphatic heterocycles. The van der Waals surface area contributed by atoms with Gasteiger partial charge in [0.25, 0.3) is 0 Å². The normalized spacial score (nSPS) is 14.5. The second-order valence-electron chi connectivity index (χ2n) is 10.0. The lowest BCUT2D eigenvalue weighted by Gasteiger charge is -2.18. The number of allylic oxidation sites excluding steroid dienone is 1. The first kappa shape index (κ1) is 29.7. The molecule has 0 spiro atoms. The molecule has 1 fully saturated rings. The smallest absolute Gasteiger partial charge is 0.334 e. The number of benzene rings is 2. The highest BCUT2D eigenvalue weighted by molar-refractivity contribution is 5.91. The first-order valence-electron chi connectivity index (χ1n) is 12.4. The molecule has 3 rings (SSSR count). The van der Waals surface area contributed by atoms with Gasteiger partial charge in [0.2, 0.25) is 0 Å². The van der Waals surface area contributed by atoms with Gasteiger partial charge in [0.15, 0.2) is 0 Å². The summed E-state index contributed by atoms with van der Waals surface area (Å²) < 4.78 is 15.0. The van der Waals surface area contributed by atoms with E-state index >= 15 is 0 Å². The molecule has 2 aromatic rings. The molecule has 0 aliphatic carbocycles. The van der Waals surface area contributed by atoms with Crippen molar-refractivity contribution in [2.75, 3.05) is 20.3 Å². The second-order valence-corrected chi connectivity index (χ2v) is 10.0. The molecule has 0 aromatic heterocycles. The van der Waals surface area contributed by atoms with Gasteiger partial charge in [-0.2, -0.15) is 0 Å². The number of hydrogen-bond acceptors (Lipinski definition) is 6. The van der Waals surface area contributed by atoms with Crippen LogP contribution in [-0.2, 0) is 24.5 Å². The van der Waals surface area contributed by atoms with Crippen LogP contribution in [0.4, 0.5) is 0 Å². The Bertz CT molecular complexity index is 1120. The third-order valence-electron chi connectivity index (χ3n) is 5.74. The summed E-state index contributed by atoms with van der Waals surface area (Å²) in [6.07, 6.45) is 1.25. The lowest BCUT2D eigenvalue weighted by atomic mass is 9.87. The van der Waals surface area contributed by atoms with Crippen molar-refractivity contribution in [3.05, 3.63) is 76.4 Å². The van der Waals surface area contributed by atoms with Crippen LogP contribution in [0.15, 0.2) is 59.7 Å². The molecule has 1 N–H and O–H groups in total. The summed E-state index contributed by atoms with van der Waals surface area (Å²) in [7, 11) is 1.39. The van der Waals surface area contributed by atoms with Crippen molar-refractivity contribution in [3.63, 3.8) is 0 Å². The molecule has 6 heteroatoms. The minimum Gasteiger partial charge on any atom is -0.494 e. The molecule has 0 bridgehead atoms. The van der Waals surface area contributed by atoms with Gasteiger partial charge in [0, 0.05) is 29.5 Å². The highest BCUT2D eigenvalue weighted by atomic mass is 16.6. The van der Waals surface area contributed by atoms with E-state index in [1.165, 1.54) is 12.7 Å². The topological polar surface area (TPSA) is 82.1 Å². The summed E-state index contributed by atoms with van der Waals surface area (Å²) >= 11 is 0. The van der Waals surface area contributed by atoms with Crippen LogP contribution in [0.25, 0.3) is 0 Å². The number of cyclic esters (lactones) is 1. The fraction of sp³-hybridized carbons (Fsp3) is 0.419. The Balaban J connectivity index is 0.000000364. The Morgan fingerprint density at radius 3 is 2.03 bits per heavy atom. The molecule has 0 saturated carbocycles. The monoisotopic (exact) mass is 506 g/mol. The van der Waals surface area contributed by atoms with Gasteiger partial charge in [-0.3, -0.25) is 4.79 Å². The van der Waals surface area contributed by atoms with E-state index in [2.05, 4.69) is 61.6 Å². The molecule has 1 saturated heterocycles. The van der Waals surface area contributed by atoms with Crippen LogP contribution >= 0.6 is 0 Å². The van der Waals surface area contributed by atoms with Gasteiger partial charge in [0.05, 0.1) is 20.3 Å². The zero-order chi connectivity index (χ0) is 27.4. The summed E-state index contributed by atoms with van der Waals surface area (Å²) in [6, 6.07) is 16.1. The van der Waals surface area contributed by atoms with Crippen LogP contribution < -0.4 is 4.74 Å². The molecule has 198 valence electrons. The summed E-state index contributed by atoms with van der Waals surface area (Å²) in [6.45, 7) is 10.8. The minimum absolute atomic E-state index is 0.0808. The quantitative estimate of drug-likeness (QED) is 0.246. The van der Waals surface area contributed by atoms with Crippen LogP contribution in [0.2, 0.25) is 0 Å². The predicted octanol–water partition coefficient (Wildman–Crippen LogP) is 5.35. The van der Waals surface area contributed by atoms with Crippen molar-refractivity contribution in [2.24, 2.45) is 0 Å². The SMILES string of the molecule is CC(C)=C1CC(CO)OC1=O.COC(=O)CCCOc1ccc(C#Cc2ccc(C(C)(C)C)cc2)cc1. The van der Waals surface area contributed by atoms with Crippen molar-refractivity contribution < 1.29 is 28.9 Å². The van der Waals surface area contributed by atoms with Crippen LogP contribution in [0.1, 0.15) is 70.6 Å². The molecule has 2 aromatic carbocycles. The van der Waals surface area contributed by atoms with E-state index in [1.54, 1.807) is 0 Å². The Hall–Kier alpha value is -3.56. The molecular formula is C31H38O6. The minimum atomic E-state index is -0.313. The molecule has 1 atom stereocenters. The maximum atomic E-state index is 11.0. The third kappa shape index (κ3) is 10.1. The van der Waals surface area contributed by atoms with Gasteiger partial charge in [-0.15, -0.1) is 0 Å². The molecule has 6 nitrogen and oxygen atoms in total. The number of aliphatic hydroxyl groups excluding tert-OH is 1. The Morgan fingerprint density at radius 1 is 1.03 bits per heavy atom. The zero-order valence-corrected chi connectivity index (χ0v) is 22.7. The largest absolute Gasteiger partial charge is 0.494 e. The number of hydrogen-bond donors (Lipinski definition) is 1. The lowest BCUT2D eigenvalue weighted by molar-refractivity contribution is -0.141. The van der Waals surface area contributed by atoms with E-state index in [4.69, 9.17) is 14.6 Å². The molecule has 1 unspecified atom stereocenters. The van der Waals surface area contributed by atoms with E-state index in [1.807, 2.05) is 38.1 Å². The van der Waals surface area contributed by atoms with Crippen molar-refractivity contribution in [2.45, 2.75) is 65.4 Å². The lowest BCUT2D eigenvalue weighted by Crippen LogP contribution is -2.10. The molecule has 1 aliphatic rings. The van der Waals surface area contributed by atoms with E-state index in [9.17, 15) is 9.59 Å². The highest BCUT2D eigenvalue weighted by Crippen LogP contribution is 2.23. The van der Waals surface area contributed by atoms with Crippen molar-refractivity contribution >= 4 is 11.9 Å². The number of ether oxygens (including phenoxy) is 3. The van der Waals surface area contributed by atoms with Crippen LogP contribution in [0.3, 0.4) is 0 Å². The zero-order valence-electron chi connectivity index (χ0n) is 22.7. The number of esters is 2. The second kappa shape index (κ2) is 14.2. The number of methoxy groups -OCH3 is 1. The Kier molecular flexibility index (Phi) is 11.4. The van der Waals surface area contributed by atoms with Gasteiger partial charge in [0.1, 0.15) is 11.9 Å². The maximum Gasteiger partial charge on any atom is 0.334 e. The van der Waals surface area contributed by atoms with Gasteiger partial charge in [-0.1, -0.05) is 50.3 Å². The first-order valence-corrected chi connectivity index (χ1v) is 12.4. The van der Waals surface area contributed by atoms with Crippen molar-refractivity contribution in [1.29, 1.82) is 0 Å². The van der Waals surface area contributed by atoms with Gasteiger partial charge < -0.3 is 19.3 Å². The molecule has 37 heavy (non-hydrogen) atoms. The summed E-state index contributed by atoms with van der Waals surface area (Å²) in [5.74, 6) is 6.64. The summed E-state index contributed by atoms with van der Waals surface area (Å²) in [4.78, 5) is 22.0. The van der Waals surface area contributed by atoms with Gasteiger partial charge in [-0.25, -0.2) is 4.79 Å². The highest BCUT2D eigenvalue weighted by Gasteiger charge is 2.28. The molecule has 0 radical (unpaired) electrons. The average molecular weight is 507 g/mol. The maximum absolute atomic E-state index is 11.0. The third-order valence-corrected chi connectivity index (χ3v) is 5.74. The molecular weight excluding hydrogens is 468 g/mol. The molecule has 0 amide bonds. The summed E-state index contributed by atoms with van der Waals surface area (Å²) in [5.41, 5.74) is 5.08. The number of rotatable bonds is 6. The van der Waals surface area contributed by atoms with Crippen LogP contribution in [-0.4, -0.2) is 43.5 Å². The number of aliphatic hydroxyl groups is 1. The fourth-order valence-electron chi connectivity index (χ4n) is 3.43. The van der Waals surface area contributed by atoms with Crippen LogP contribution in [0, 0.1) is 11.8 Å². The number of carbonyl (C=O) groups excluding carboxylic acids is 2. The average Bonchev–Trinajstić information content (AvgIpc) is 3.27. The Morgan fingerprint density at radius 2 is 1.59 bits per heavy atom. The molecule has 1 heterocycles. The Labute approximate surface area is 220 Å². The van der Waals surface area contributed by atoms with E-state index < -0.39 is 0 Å². The first-order chi connectivity index (χ1) is 17.5. The van der Waals surface area contributed by atoms with Crippen molar-refractivity contribution in [1.82, 2.24) is 0 Å². The summed E-state index contributed by atoms with van der Waals surface area (Å²) in [5, 5.41) is 8.68. The van der Waals surface area contributed by atoms with Crippen LogP contribution in [0.5, 0.6) is 5.75 Å². The van der Waals surface area contributed by atoms with E-state index in [0.29, 0.717) is 31.4 Å². The fourth-order valence-corrected chi connectivity index (χ4v) is 3.43. The number of carbonyl (C=O) groups is 2. The van der Waals surface area contributed by atoms with E-state index in [-0.39, 0.29) is 30.1 Å². The predicted molar refractivity (Wildman–Crippen MR) is 144 cm³/mol. The standard InChI is InChI=1S/C23H26O3.C8H12O3/c1-23(2,3)20-13-9-18(10-14-20)7-8-19-11-15-21(16-12-19)26-17-5-6-22(24)25-4;1-5(2)7-3-6(4-9)11-8(7)10/h9-16H,5-6,17H2,1-4H3;6,9H,3-4H2,1-2H3. The van der Waals surface area contributed by atoms with Gasteiger partial charge >= 0.3 is 11.9 Å².